The van der Waals surface area contributed by atoms with Gasteiger partial charge in [0.1, 0.15) is 5.75 Å². The fraction of sp³-hybridized carbons (Fsp3) is 0.318. The number of rotatable bonds is 4. The lowest BCUT2D eigenvalue weighted by Gasteiger charge is -2.29. The lowest BCUT2D eigenvalue weighted by atomic mass is 10.2. The molecule has 152 valence electrons. The minimum atomic E-state index is 0.139. The quantitative estimate of drug-likeness (QED) is 0.653. The van der Waals surface area contributed by atoms with Crippen LogP contribution in [0.15, 0.2) is 42.5 Å². The standard InChI is InChI=1S/C22H25N3O3S/c1-15-14-19(27-3)8-9-20(15)25-21(26)16(2)24(22(25)29)18-6-4-17(5-7-18)23-10-12-28-13-11-23/h4-9,14,26H,10-13H2,1-3H3. The summed E-state index contributed by atoms with van der Waals surface area (Å²) in [5.41, 5.74) is 4.58. The Balaban J connectivity index is 1.74. The first kappa shape index (κ1) is 19.5. The third-order valence-electron chi connectivity index (χ3n) is 5.38. The highest BCUT2D eigenvalue weighted by atomic mass is 32.1. The second kappa shape index (κ2) is 7.93. The molecule has 0 spiro atoms. The highest BCUT2D eigenvalue weighted by Gasteiger charge is 2.18. The molecule has 3 aromatic rings. The number of imidazole rings is 1. The van der Waals surface area contributed by atoms with Crippen molar-refractivity contribution in [2.45, 2.75) is 13.8 Å². The molecule has 2 heterocycles. The van der Waals surface area contributed by atoms with Gasteiger partial charge in [0.15, 0.2) is 4.77 Å². The number of aromatic nitrogens is 2. The van der Waals surface area contributed by atoms with Crippen LogP contribution in [-0.4, -0.2) is 47.7 Å². The van der Waals surface area contributed by atoms with E-state index >= 15 is 0 Å². The predicted molar refractivity (Wildman–Crippen MR) is 117 cm³/mol. The second-order valence-electron chi connectivity index (χ2n) is 7.13. The van der Waals surface area contributed by atoms with E-state index < -0.39 is 0 Å². The van der Waals surface area contributed by atoms with Gasteiger partial charge in [-0.3, -0.25) is 9.13 Å². The highest BCUT2D eigenvalue weighted by molar-refractivity contribution is 7.71. The van der Waals surface area contributed by atoms with Crippen LogP contribution in [0.4, 0.5) is 5.69 Å². The lowest BCUT2D eigenvalue weighted by molar-refractivity contribution is 0.122. The number of methoxy groups -OCH3 is 1. The van der Waals surface area contributed by atoms with E-state index in [1.165, 1.54) is 0 Å². The summed E-state index contributed by atoms with van der Waals surface area (Å²) >= 11 is 5.75. The molecule has 29 heavy (non-hydrogen) atoms. The predicted octanol–water partition coefficient (Wildman–Crippen LogP) is 4.17. The molecule has 4 rings (SSSR count). The highest BCUT2D eigenvalue weighted by Crippen LogP contribution is 2.31. The van der Waals surface area contributed by atoms with E-state index in [9.17, 15) is 5.11 Å². The van der Waals surface area contributed by atoms with Gasteiger partial charge in [-0.15, -0.1) is 0 Å². The van der Waals surface area contributed by atoms with Crippen molar-refractivity contribution < 1.29 is 14.6 Å². The van der Waals surface area contributed by atoms with Crippen molar-refractivity contribution in [2.75, 3.05) is 38.3 Å². The van der Waals surface area contributed by atoms with Crippen LogP contribution < -0.4 is 9.64 Å². The Hall–Kier alpha value is -2.77. The van der Waals surface area contributed by atoms with Crippen molar-refractivity contribution in [1.82, 2.24) is 9.13 Å². The molecule has 0 bridgehead atoms. The van der Waals surface area contributed by atoms with Crippen LogP contribution in [0.3, 0.4) is 0 Å². The van der Waals surface area contributed by atoms with Gasteiger partial charge in [-0.25, -0.2) is 0 Å². The van der Waals surface area contributed by atoms with E-state index in [1.54, 1.807) is 11.7 Å². The molecule has 6 nitrogen and oxygen atoms in total. The molecular weight excluding hydrogens is 386 g/mol. The number of hydrogen-bond donors (Lipinski definition) is 1. The Morgan fingerprint density at radius 3 is 2.24 bits per heavy atom. The minimum Gasteiger partial charge on any atom is -0.497 e. The van der Waals surface area contributed by atoms with Crippen molar-refractivity contribution in [3.63, 3.8) is 0 Å². The minimum absolute atomic E-state index is 0.139. The molecule has 0 unspecified atom stereocenters. The maximum Gasteiger partial charge on any atom is 0.218 e. The van der Waals surface area contributed by atoms with Gasteiger partial charge in [0.2, 0.25) is 5.88 Å². The maximum atomic E-state index is 10.8. The SMILES string of the molecule is COc1ccc(-n2c(O)c(C)n(-c3ccc(N4CCOCC4)cc3)c2=S)c(C)c1. The zero-order valence-electron chi connectivity index (χ0n) is 16.9. The van der Waals surface area contributed by atoms with Crippen LogP contribution >= 0.6 is 12.2 Å². The molecule has 0 atom stereocenters. The Bertz CT molecular complexity index is 1080. The van der Waals surface area contributed by atoms with E-state index in [1.807, 2.05) is 48.7 Å². The van der Waals surface area contributed by atoms with Gasteiger partial charge in [-0.1, -0.05) is 0 Å². The van der Waals surface area contributed by atoms with Crippen LogP contribution in [0.5, 0.6) is 11.6 Å². The van der Waals surface area contributed by atoms with Gasteiger partial charge < -0.3 is 19.5 Å². The van der Waals surface area contributed by atoms with Gasteiger partial charge in [0.25, 0.3) is 0 Å². The van der Waals surface area contributed by atoms with E-state index in [4.69, 9.17) is 21.7 Å². The van der Waals surface area contributed by atoms with E-state index in [0.29, 0.717) is 10.5 Å². The van der Waals surface area contributed by atoms with Crippen LogP contribution in [-0.2, 0) is 4.74 Å². The summed E-state index contributed by atoms with van der Waals surface area (Å²) < 4.78 is 14.8. The molecular formula is C22H25N3O3S. The van der Waals surface area contributed by atoms with Crippen LogP contribution in [0.1, 0.15) is 11.3 Å². The molecule has 1 aromatic heterocycles. The van der Waals surface area contributed by atoms with Gasteiger partial charge in [0.05, 0.1) is 31.7 Å². The molecule has 0 aliphatic carbocycles. The number of hydrogen-bond acceptors (Lipinski definition) is 5. The first-order chi connectivity index (χ1) is 14.0. The van der Waals surface area contributed by atoms with Gasteiger partial charge in [0, 0.05) is 24.5 Å². The molecule has 0 amide bonds. The van der Waals surface area contributed by atoms with Crippen molar-refractivity contribution in [3.8, 4) is 23.0 Å². The molecule has 7 heteroatoms. The lowest BCUT2D eigenvalue weighted by Crippen LogP contribution is -2.36. The molecule has 0 saturated carbocycles. The van der Waals surface area contributed by atoms with Crippen molar-refractivity contribution in [2.24, 2.45) is 0 Å². The average Bonchev–Trinajstić information content (AvgIpc) is 2.97. The molecule has 0 radical (unpaired) electrons. The Morgan fingerprint density at radius 1 is 0.966 bits per heavy atom. The van der Waals surface area contributed by atoms with E-state index in [2.05, 4.69) is 17.0 Å². The number of anilines is 1. The topological polar surface area (TPSA) is 51.8 Å². The summed E-state index contributed by atoms with van der Waals surface area (Å²) in [6, 6.07) is 14.0. The molecule has 1 saturated heterocycles. The fourth-order valence-electron chi connectivity index (χ4n) is 3.76. The number of nitrogens with zero attached hydrogens (tertiary/aromatic N) is 3. The number of aryl methyl sites for hydroxylation is 1. The number of morpholine rings is 1. The summed E-state index contributed by atoms with van der Waals surface area (Å²) in [5, 5.41) is 10.8. The van der Waals surface area contributed by atoms with E-state index in [-0.39, 0.29) is 5.88 Å². The largest absolute Gasteiger partial charge is 0.497 e. The summed E-state index contributed by atoms with van der Waals surface area (Å²) in [6.45, 7) is 7.14. The zero-order chi connectivity index (χ0) is 20.5. The number of ether oxygens (including phenoxy) is 2. The van der Waals surface area contributed by atoms with Gasteiger partial charge in [-0.05, 0) is 74.1 Å². The van der Waals surface area contributed by atoms with Crippen LogP contribution in [0.2, 0.25) is 0 Å². The maximum absolute atomic E-state index is 10.8. The van der Waals surface area contributed by atoms with E-state index in [0.717, 1.165) is 54.7 Å². The van der Waals surface area contributed by atoms with Gasteiger partial charge in [-0.2, -0.15) is 0 Å². The normalized spacial score (nSPS) is 14.2. The van der Waals surface area contributed by atoms with Gasteiger partial charge >= 0.3 is 0 Å². The molecule has 1 fully saturated rings. The Morgan fingerprint density at radius 2 is 1.62 bits per heavy atom. The summed E-state index contributed by atoms with van der Waals surface area (Å²) in [5.74, 6) is 0.910. The third-order valence-corrected chi connectivity index (χ3v) is 5.75. The third kappa shape index (κ3) is 3.52. The molecule has 1 N–H and O–H groups in total. The van der Waals surface area contributed by atoms with Crippen molar-refractivity contribution >= 4 is 17.9 Å². The van der Waals surface area contributed by atoms with Crippen molar-refractivity contribution in [3.05, 3.63) is 58.5 Å². The summed E-state index contributed by atoms with van der Waals surface area (Å²) in [6.07, 6.45) is 0. The molecule has 2 aromatic carbocycles. The average molecular weight is 412 g/mol. The second-order valence-corrected chi connectivity index (χ2v) is 7.50. The molecule has 1 aliphatic rings. The number of benzene rings is 2. The zero-order valence-corrected chi connectivity index (χ0v) is 17.7. The fourth-order valence-corrected chi connectivity index (χ4v) is 4.18. The summed E-state index contributed by atoms with van der Waals surface area (Å²) in [7, 11) is 1.64. The van der Waals surface area contributed by atoms with Crippen LogP contribution in [0, 0.1) is 18.6 Å². The van der Waals surface area contributed by atoms with Crippen molar-refractivity contribution in [1.29, 1.82) is 0 Å². The Kier molecular flexibility index (Phi) is 5.34. The molecule has 1 aliphatic heterocycles. The Labute approximate surface area is 175 Å². The van der Waals surface area contributed by atoms with Crippen LogP contribution in [0.25, 0.3) is 11.4 Å². The smallest absolute Gasteiger partial charge is 0.218 e. The first-order valence-corrected chi connectivity index (χ1v) is 10.0. The first-order valence-electron chi connectivity index (χ1n) is 9.62. The summed E-state index contributed by atoms with van der Waals surface area (Å²) in [4.78, 5) is 2.31. The number of aromatic hydroxyl groups is 1. The monoisotopic (exact) mass is 411 g/mol.